The molecule has 2 rings (SSSR count). The molecule has 0 N–H and O–H groups in total. The maximum Gasteiger partial charge on any atom is 0.306 e. The second kappa shape index (κ2) is 10.6. The number of ketones is 2. The van der Waals surface area contributed by atoms with Crippen LogP contribution in [0.15, 0.2) is 46.9 Å². The molecule has 0 aromatic heterocycles. The second-order valence-corrected chi connectivity index (χ2v) is 6.67. The van der Waals surface area contributed by atoms with Gasteiger partial charge in [0.15, 0.2) is 18.2 Å². The number of carbonyl (C=O) groups is 3. The van der Waals surface area contributed by atoms with Crippen LogP contribution in [0.25, 0.3) is 0 Å². The molecule has 0 spiro atoms. The summed E-state index contributed by atoms with van der Waals surface area (Å²) in [5.74, 6) is 0.170. The van der Waals surface area contributed by atoms with E-state index in [0.717, 1.165) is 0 Å². The van der Waals surface area contributed by atoms with Crippen molar-refractivity contribution < 1.29 is 28.6 Å². The number of halogens is 1. The summed E-state index contributed by atoms with van der Waals surface area (Å²) in [6.07, 6.45) is -0.0826. The maximum atomic E-state index is 12.1. The topological polar surface area (TPSA) is 78.9 Å². The van der Waals surface area contributed by atoms with E-state index in [1.54, 1.807) is 42.5 Å². The molecule has 148 valence electrons. The number of Topliss-reactive ketones (excluding diaryl/α,β-unsaturated/α-hetero) is 2. The highest BCUT2D eigenvalue weighted by atomic mass is 79.9. The molecule has 0 aliphatic rings. The molecule has 7 heteroatoms. The number of benzene rings is 2. The molecule has 0 atom stereocenters. The zero-order chi connectivity index (χ0) is 20.5. The molecule has 0 heterocycles. The molecular formula is C21H21BrO6. The van der Waals surface area contributed by atoms with Crippen LogP contribution in [0.3, 0.4) is 0 Å². The minimum Gasteiger partial charge on any atom is -0.496 e. The van der Waals surface area contributed by atoms with Crippen LogP contribution in [-0.2, 0) is 9.53 Å². The fourth-order valence-electron chi connectivity index (χ4n) is 2.41. The lowest BCUT2D eigenvalue weighted by Gasteiger charge is -2.07. The first-order valence-electron chi connectivity index (χ1n) is 8.73. The Balaban J connectivity index is 1.79. The number of carbonyl (C=O) groups excluding carboxylic acids is 3. The van der Waals surface area contributed by atoms with Gasteiger partial charge < -0.3 is 14.2 Å². The predicted octanol–water partition coefficient (Wildman–Crippen LogP) is 4.25. The van der Waals surface area contributed by atoms with Gasteiger partial charge in [-0.1, -0.05) is 0 Å². The average molecular weight is 449 g/mol. The number of methoxy groups -OCH3 is 1. The summed E-state index contributed by atoms with van der Waals surface area (Å²) in [5.41, 5.74) is 0.890. The smallest absolute Gasteiger partial charge is 0.306 e. The van der Waals surface area contributed by atoms with E-state index in [0.29, 0.717) is 33.7 Å². The van der Waals surface area contributed by atoms with Crippen LogP contribution in [0.1, 0.15) is 40.5 Å². The molecule has 2 aromatic rings. The summed E-state index contributed by atoms with van der Waals surface area (Å²) < 4.78 is 16.0. The second-order valence-electron chi connectivity index (χ2n) is 5.81. The van der Waals surface area contributed by atoms with Crippen LogP contribution in [0, 0.1) is 0 Å². The van der Waals surface area contributed by atoms with E-state index in [-0.39, 0.29) is 31.0 Å². The van der Waals surface area contributed by atoms with Gasteiger partial charge in [-0.25, -0.2) is 0 Å². The van der Waals surface area contributed by atoms with Gasteiger partial charge in [-0.2, -0.15) is 0 Å². The van der Waals surface area contributed by atoms with Crippen LogP contribution >= 0.6 is 15.9 Å². The van der Waals surface area contributed by atoms with E-state index < -0.39 is 5.97 Å². The van der Waals surface area contributed by atoms with Crippen LogP contribution in [-0.4, -0.2) is 37.9 Å². The third kappa shape index (κ3) is 6.20. The number of ether oxygens (including phenoxy) is 3. The predicted molar refractivity (Wildman–Crippen MR) is 107 cm³/mol. The van der Waals surface area contributed by atoms with Gasteiger partial charge in [0.25, 0.3) is 0 Å². The van der Waals surface area contributed by atoms with Crippen molar-refractivity contribution in [1.29, 1.82) is 0 Å². The van der Waals surface area contributed by atoms with Gasteiger partial charge in [-0.3, -0.25) is 14.4 Å². The monoisotopic (exact) mass is 448 g/mol. The van der Waals surface area contributed by atoms with Crippen LogP contribution < -0.4 is 9.47 Å². The normalized spacial score (nSPS) is 10.2. The fourth-order valence-corrected chi connectivity index (χ4v) is 2.95. The molecule has 0 bridgehead atoms. The van der Waals surface area contributed by atoms with Gasteiger partial charge in [0, 0.05) is 17.5 Å². The average Bonchev–Trinajstić information content (AvgIpc) is 2.70. The molecule has 0 saturated heterocycles. The van der Waals surface area contributed by atoms with E-state index >= 15 is 0 Å². The van der Waals surface area contributed by atoms with Crippen molar-refractivity contribution in [1.82, 2.24) is 0 Å². The molecule has 0 radical (unpaired) electrons. The first kappa shape index (κ1) is 21.6. The van der Waals surface area contributed by atoms with E-state index in [9.17, 15) is 14.4 Å². The zero-order valence-corrected chi connectivity index (χ0v) is 17.3. The lowest BCUT2D eigenvalue weighted by molar-refractivity contribution is -0.142. The molecule has 0 fully saturated rings. The van der Waals surface area contributed by atoms with Crippen molar-refractivity contribution in [3.63, 3.8) is 0 Å². The Kier molecular flexibility index (Phi) is 8.19. The molecule has 2 aromatic carbocycles. The lowest BCUT2D eigenvalue weighted by Crippen LogP contribution is -2.15. The van der Waals surface area contributed by atoms with Gasteiger partial charge >= 0.3 is 5.97 Å². The molecule has 0 amide bonds. The SMILES string of the molecule is CCOc1ccc(C(=O)CCC(=O)OCC(=O)c2ccc(OC)c(Br)c2)cc1. The van der Waals surface area contributed by atoms with Gasteiger partial charge in [0.2, 0.25) is 0 Å². The Morgan fingerprint density at radius 2 is 1.61 bits per heavy atom. The molecule has 0 aliphatic carbocycles. The number of hydrogen-bond donors (Lipinski definition) is 0. The van der Waals surface area contributed by atoms with Crippen molar-refractivity contribution in [3.8, 4) is 11.5 Å². The van der Waals surface area contributed by atoms with Crippen molar-refractivity contribution in [2.45, 2.75) is 19.8 Å². The third-order valence-corrected chi connectivity index (χ3v) is 4.50. The van der Waals surface area contributed by atoms with E-state index in [1.165, 1.54) is 7.11 Å². The Morgan fingerprint density at radius 3 is 2.21 bits per heavy atom. The summed E-state index contributed by atoms with van der Waals surface area (Å²) in [6.45, 7) is 2.04. The Hall–Kier alpha value is -2.67. The van der Waals surface area contributed by atoms with Crippen molar-refractivity contribution in [2.24, 2.45) is 0 Å². The number of esters is 1. The van der Waals surface area contributed by atoms with Crippen molar-refractivity contribution >= 4 is 33.5 Å². The molecule has 0 aliphatic heterocycles. The van der Waals surface area contributed by atoms with Gasteiger partial charge in [0.1, 0.15) is 11.5 Å². The highest BCUT2D eigenvalue weighted by Gasteiger charge is 2.14. The van der Waals surface area contributed by atoms with Gasteiger partial charge in [-0.15, -0.1) is 0 Å². The lowest BCUT2D eigenvalue weighted by atomic mass is 10.1. The summed E-state index contributed by atoms with van der Waals surface area (Å²) in [6, 6.07) is 11.6. The van der Waals surface area contributed by atoms with E-state index in [2.05, 4.69) is 15.9 Å². The minimum atomic E-state index is -0.597. The van der Waals surface area contributed by atoms with Crippen LogP contribution in [0.2, 0.25) is 0 Å². The first-order chi connectivity index (χ1) is 13.4. The van der Waals surface area contributed by atoms with Gasteiger partial charge in [0.05, 0.1) is 24.6 Å². The quantitative estimate of drug-likeness (QED) is 0.399. The first-order valence-corrected chi connectivity index (χ1v) is 9.52. The summed E-state index contributed by atoms with van der Waals surface area (Å²) in [4.78, 5) is 36.1. The van der Waals surface area contributed by atoms with E-state index in [1.807, 2.05) is 6.92 Å². The van der Waals surface area contributed by atoms with Gasteiger partial charge in [-0.05, 0) is 65.3 Å². The Bertz CT molecular complexity index is 844. The Labute approximate surface area is 171 Å². The highest BCUT2D eigenvalue weighted by Crippen LogP contribution is 2.25. The number of hydrogen-bond acceptors (Lipinski definition) is 6. The minimum absolute atomic E-state index is 0.00902. The standard InChI is InChI=1S/C21H21BrO6/c1-3-27-16-7-4-14(5-8-16)18(23)9-11-21(25)28-13-19(24)15-6-10-20(26-2)17(22)12-15/h4-8,10,12H,3,9,11,13H2,1-2H3. The molecule has 6 nitrogen and oxygen atoms in total. The van der Waals surface area contributed by atoms with Crippen LogP contribution in [0.5, 0.6) is 11.5 Å². The van der Waals surface area contributed by atoms with Crippen molar-refractivity contribution in [3.05, 3.63) is 58.1 Å². The summed E-state index contributed by atoms with van der Waals surface area (Å²) in [5, 5.41) is 0. The van der Waals surface area contributed by atoms with Crippen LogP contribution in [0.4, 0.5) is 0 Å². The maximum absolute atomic E-state index is 12.1. The summed E-state index contributed by atoms with van der Waals surface area (Å²) >= 11 is 3.30. The number of rotatable bonds is 10. The Morgan fingerprint density at radius 1 is 0.929 bits per heavy atom. The highest BCUT2D eigenvalue weighted by molar-refractivity contribution is 9.10. The zero-order valence-electron chi connectivity index (χ0n) is 15.7. The molecular weight excluding hydrogens is 428 g/mol. The fraction of sp³-hybridized carbons (Fsp3) is 0.286. The third-order valence-electron chi connectivity index (χ3n) is 3.88. The largest absolute Gasteiger partial charge is 0.496 e. The van der Waals surface area contributed by atoms with E-state index in [4.69, 9.17) is 14.2 Å². The summed E-state index contributed by atoms with van der Waals surface area (Å²) in [7, 11) is 1.53. The van der Waals surface area contributed by atoms with Crippen molar-refractivity contribution in [2.75, 3.05) is 20.3 Å². The molecule has 28 heavy (non-hydrogen) atoms. The molecule has 0 saturated carbocycles. The molecule has 0 unspecified atom stereocenters.